The minimum absolute atomic E-state index is 0.133. The number of rotatable bonds is 16. The number of piperidine rings is 1. The van der Waals surface area contributed by atoms with Crippen molar-refractivity contribution in [2.45, 2.75) is 25.5 Å². The molecule has 1 aliphatic heterocycles. The second kappa shape index (κ2) is 20.8. The topological polar surface area (TPSA) is 141 Å². The molecule has 0 spiro atoms. The number of aromatic hydroxyl groups is 1. The molecular weight excluding hydrogens is 767 g/mol. The largest absolute Gasteiger partial charge is 0.508 e. The lowest BCUT2D eigenvalue weighted by molar-refractivity contribution is 0.0587. The Morgan fingerprint density at radius 3 is 1.95 bits per heavy atom. The SMILES string of the molecule is COc1cc(O)ccc1CNCCNC(=O)c1cccc(C(=O)NCCN2CCC(OC(=O)Nc3cccc(-c4ccccc4)c3-c3ccccc3-c3ccccc3)CC2)c1. The van der Waals surface area contributed by atoms with Crippen LogP contribution in [0.1, 0.15) is 39.1 Å². The Bertz CT molecular complexity index is 2420. The van der Waals surface area contributed by atoms with E-state index in [0.29, 0.717) is 68.1 Å². The minimum atomic E-state index is -0.492. The van der Waals surface area contributed by atoms with Crippen molar-refractivity contribution in [1.82, 2.24) is 20.9 Å². The number of hydrogen-bond acceptors (Lipinski definition) is 8. The normalized spacial score (nSPS) is 12.9. The van der Waals surface area contributed by atoms with E-state index in [9.17, 15) is 19.5 Å². The molecule has 11 nitrogen and oxygen atoms in total. The molecule has 0 bridgehead atoms. The molecule has 1 saturated heterocycles. The summed E-state index contributed by atoms with van der Waals surface area (Å²) in [6.45, 7) is 3.93. The average Bonchev–Trinajstić information content (AvgIpc) is 3.30. The predicted molar refractivity (Wildman–Crippen MR) is 240 cm³/mol. The highest BCUT2D eigenvalue weighted by Gasteiger charge is 2.24. The van der Waals surface area contributed by atoms with Crippen molar-refractivity contribution < 1.29 is 29.0 Å². The third kappa shape index (κ3) is 11.2. The van der Waals surface area contributed by atoms with Crippen molar-refractivity contribution in [2.24, 2.45) is 0 Å². The van der Waals surface area contributed by atoms with Crippen molar-refractivity contribution in [3.8, 4) is 44.9 Å². The number of ether oxygens (including phenoxy) is 2. The fraction of sp³-hybridized carbons (Fsp3) is 0.220. The molecule has 6 aromatic carbocycles. The zero-order chi connectivity index (χ0) is 42.4. The number of likely N-dealkylation sites (tertiary alicyclic amines) is 1. The number of nitrogens with one attached hydrogen (secondary N) is 4. The molecule has 1 aliphatic rings. The van der Waals surface area contributed by atoms with E-state index in [1.807, 2.05) is 60.7 Å². The molecule has 61 heavy (non-hydrogen) atoms. The maximum Gasteiger partial charge on any atom is 0.411 e. The Kier molecular flexibility index (Phi) is 14.4. The first-order valence-corrected chi connectivity index (χ1v) is 20.6. The maximum atomic E-state index is 13.5. The number of benzene rings is 6. The van der Waals surface area contributed by atoms with Crippen molar-refractivity contribution in [1.29, 1.82) is 0 Å². The summed E-state index contributed by atoms with van der Waals surface area (Å²) in [5.41, 5.74) is 8.50. The summed E-state index contributed by atoms with van der Waals surface area (Å²) in [4.78, 5) is 41.6. The van der Waals surface area contributed by atoms with Gasteiger partial charge in [0, 0.05) is 74.1 Å². The first kappa shape index (κ1) is 42.2. The molecular formula is C50H51N5O6. The number of hydrogen-bond donors (Lipinski definition) is 5. The van der Waals surface area contributed by atoms with Gasteiger partial charge in [0.25, 0.3) is 11.8 Å². The van der Waals surface area contributed by atoms with E-state index in [4.69, 9.17) is 9.47 Å². The van der Waals surface area contributed by atoms with Gasteiger partial charge in [0.2, 0.25) is 0 Å². The van der Waals surface area contributed by atoms with Crippen LogP contribution >= 0.6 is 0 Å². The van der Waals surface area contributed by atoms with Gasteiger partial charge in [-0.2, -0.15) is 0 Å². The maximum absolute atomic E-state index is 13.5. The van der Waals surface area contributed by atoms with Gasteiger partial charge in [-0.1, -0.05) is 109 Å². The summed E-state index contributed by atoms with van der Waals surface area (Å²) in [5.74, 6) is 0.192. The van der Waals surface area contributed by atoms with Crippen molar-refractivity contribution in [3.05, 3.63) is 162 Å². The van der Waals surface area contributed by atoms with Crippen LogP contribution in [0.15, 0.2) is 146 Å². The monoisotopic (exact) mass is 817 g/mol. The van der Waals surface area contributed by atoms with Crippen molar-refractivity contribution >= 4 is 23.6 Å². The summed E-state index contributed by atoms with van der Waals surface area (Å²) in [5, 5.41) is 21.9. The standard InChI is InChI=1S/C50H51N5O6/c1-60-46-33-40(56)23-22-39(46)34-51-26-27-52-48(57)37-16-10-17-38(32-37)49(58)53-28-31-55-29-24-41(25-30-55)61-50(59)54-45-21-11-20-43(36-14-6-3-7-15-36)47(45)44-19-9-8-18-42(44)35-12-4-2-5-13-35/h2-23,32-33,41,51,56H,24-31,34H2,1H3,(H,52,57)(H,53,58)(H,54,59). The molecule has 0 unspecified atom stereocenters. The molecule has 0 aromatic heterocycles. The lowest BCUT2D eigenvalue weighted by Crippen LogP contribution is -2.42. The second-order valence-electron chi connectivity index (χ2n) is 14.8. The number of methoxy groups -OCH3 is 1. The highest BCUT2D eigenvalue weighted by atomic mass is 16.6. The van der Waals surface area contributed by atoms with E-state index in [1.54, 1.807) is 49.6 Å². The van der Waals surface area contributed by atoms with Gasteiger partial charge in [-0.15, -0.1) is 0 Å². The zero-order valence-electron chi connectivity index (χ0n) is 34.2. The zero-order valence-corrected chi connectivity index (χ0v) is 34.2. The number of anilines is 1. The third-order valence-corrected chi connectivity index (χ3v) is 10.7. The molecule has 3 amide bonds. The van der Waals surface area contributed by atoms with Crippen LogP contribution in [0.25, 0.3) is 33.4 Å². The van der Waals surface area contributed by atoms with Gasteiger partial charge in [-0.25, -0.2) is 4.79 Å². The van der Waals surface area contributed by atoms with Gasteiger partial charge in [0.05, 0.1) is 12.8 Å². The van der Waals surface area contributed by atoms with E-state index in [0.717, 1.165) is 52.0 Å². The molecule has 0 atom stereocenters. The highest BCUT2D eigenvalue weighted by Crippen LogP contribution is 2.42. The van der Waals surface area contributed by atoms with E-state index >= 15 is 0 Å². The van der Waals surface area contributed by atoms with Crippen LogP contribution in [0.5, 0.6) is 11.5 Å². The lowest BCUT2D eigenvalue weighted by Gasteiger charge is -2.31. The van der Waals surface area contributed by atoms with Crippen LogP contribution in [0.4, 0.5) is 10.5 Å². The van der Waals surface area contributed by atoms with Gasteiger partial charge in [-0.05, 0) is 71.0 Å². The number of phenols is 1. The molecule has 1 fully saturated rings. The van der Waals surface area contributed by atoms with E-state index in [1.165, 1.54) is 0 Å². The van der Waals surface area contributed by atoms with Gasteiger partial charge in [0.1, 0.15) is 17.6 Å². The average molecular weight is 818 g/mol. The van der Waals surface area contributed by atoms with Crippen molar-refractivity contribution in [3.63, 3.8) is 0 Å². The van der Waals surface area contributed by atoms with Gasteiger partial charge >= 0.3 is 6.09 Å². The number of carbonyl (C=O) groups excluding carboxylic acids is 3. The first-order chi connectivity index (χ1) is 29.9. The summed E-state index contributed by atoms with van der Waals surface area (Å²) in [7, 11) is 1.55. The first-order valence-electron chi connectivity index (χ1n) is 20.6. The summed E-state index contributed by atoms with van der Waals surface area (Å²) in [6.07, 6.45) is 0.615. The molecule has 5 N–H and O–H groups in total. The summed E-state index contributed by atoms with van der Waals surface area (Å²) >= 11 is 0. The highest BCUT2D eigenvalue weighted by molar-refractivity contribution is 6.02. The van der Waals surface area contributed by atoms with E-state index in [-0.39, 0.29) is 23.7 Å². The van der Waals surface area contributed by atoms with Crippen LogP contribution in [-0.2, 0) is 11.3 Å². The molecule has 0 saturated carbocycles. The molecule has 0 radical (unpaired) electrons. The van der Waals surface area contributed by atoms with Crippen LogP contribution in [0.3, 0.4) is 0 Å². The fourth-order valence-electron chi connectivity index (χ4n) is 7.62. The fourth-order valence-corrected chi connectivity index (χ4v) is 7.62. The lowest BCUT2D eigenvalue weighted by atomic mass is 9.88. The second-order valence-corrected chi connectivity index (χ2v) is 14.8. The van der Waals surface area contributed by atoms with Crippen molar-refractivity contribution in [2.75, 3.05) is 51.7 Å². The van der Waals surface area contributed by atoms with Gasteiger partial charge in [-0.3, -0.25) is 14.9 Å². The number of amides is 3. The molecule has 6 aromatic rings. The van der Waals surface area contributed by atoms with Crippen LogP contribution in [-0.4, -0.2) is 80.4 Å². The smallest absolute Gasteiger partial charge is 0.411 e. The van der Waals surface area contributed by atoms with Crippen LogP contribution in [0, 0.1) is 0 Å². The van der Waals surface area contributed by atoms with Gasteiger partial charge in [0.15, 0.2) is 0 Å². The molecule has 1 heterocycles. The summed E-state index contributed by atoms with van der Waals surface area (Å²) < 4.78 is 11.3. The molecule has 312 valence electrons. The number of carbonyl (C=O) groups is 3. The van der Waals surface area contributed by atoms with E-state index < -0.39 is 6.09 Å². The van der Waals surface area contributed by atoms with Gasteiger partial charge < -0.3 is 35.4 Å². The van der Waals surface area contributed by atoms with E-state index in [2.05, 4.69) is 68.6 Å². The van der Waals surface area contributed by atoms with Crippen LogP contribution in [0.2, 0.25) is 0 Å². The third-order valence-electron chi connectivity index (χ3n) is 10.7. The minimum Gasteiger partial charge on any atom is -0.508 e. The number of phenolic OH excluding ortho intramolecular Hbond substituents is 1. The molecule has 0 aliphatic carbocycles. The Labute approximate surface area is 356 Å². The predicted octanol–water partition coefficient (Wildman–Crippen LogP) is 8.36. The Morgan fingerprint density at radius 2 is 1.26 bits per heavy atom. The molecule has 7 rings (SSSR count). The molecule has 11 heteroatoms. The number of nitrogens with zero attached hydrogens (tertiary/aromatic N) is 1. The summed E-state index contributed by atoms with van der Waals surface area (Å²) in [6, 6.07) is 46.2. The quantitative estimate of drug-likeness (QED) is 0.0614. The Morgan fingerprint density at radius 1 is 0.656 bits per heavy atom. The van der Waals surface area contributed by atoms with Crippen LogP contribution < -0.4 is 26.0 Å². The Balaban J connectivity index is 0.873. The Hall–Kier alpha value is -6.95.